The van der Waals surface area contributed by atoms with Crippen molar-refractivity contribution >= 4 is 15.9 Å². The second-order valence-electron chi connectivity index (χ2n) is 4.61. The van der Waals surface area contributed by atoms with Crippen LogP contribution in [0.1, 0.15) is 37.8 Å². The van der Waals surface area contributed by atoms with Gasteiger partial charge in [-0.3, -0.25) is 0 Å². The lowest BCUT2D eigenvalue weighted by molar-refractivity contribution is 0.232. The lowest BCUT2D eigenvalue weighted by Crippen LogP contribution is -2.32. The van der Waals surface area contributed by atoms with E-state index in [1.165, 1.54) is 24.8 Å². The molecule has 1 saturated carbocycles. The lowest BCUT2D eigenvalue weighted by atomic mass is 9.77. The molecule has 3 heteroatoms. The Hall–Kier alpha value is -0.540. The molecule has 94 valence electrons. The predicted octanol–water partition coefficient (Wildman–Crippen LogP) is 3.91. The van der Waals surface area contributed by atoms with E-state index < -0.39 is 0 Å². The van der Waals surface area contributed by atoms with E-state index in [1.54, 1.807) is 7.11 Å². The van der Waals surface area contributed by atoms with Crippen molar-refractivity contribution in [1.29, 1.82) is 0 Å². The minimum atomic E-state index is 0.481. The molecular weight excluding hydrogens is 278 g/mol. The van der Waals surface area contributed by atoms with Gasteiger partial charge in [0.15, 0.2) is 0 Å². The monoisotopic (exact) mass is 297 g/mol. The van der Waals surface area contributed by atoms with Gasteiger partial charge in [-0.15, -0.1) is 0 Å². The van der Waals surface area contributed by atoms with Gasteiger partial charge < -0.3 is 10.1 Å². The summed E-state index contributed by atoms with van der Waals surface area (Å²) in [5.41, 5.74) is 1.36. The maximum atomic E-state index is 5.24. The van der Waals surface area contributed by atoms with Crippen molar-refractivity contribution in [3.05, 3.63) is 28.2 Å². The Morgan fingerprint density at radius 1 is 1.47 bits per heavy atom. The first-order valence-electron chi connectivity index (χ1n) is 6.33. The summed E-state index contributed by atoms with van der Waals surface area (Å²) in [6.07, 6.45) is 4.06. The summed E-state index contributed by atoms with van der Waals surface area (Å²) in [5, 5.41) is 3.61. The van der Waals surface area contributed by atoms with Crippen molar-refractivity contribution in [3.63, 3.8) is 0 Å². The molecule has 2 rings (SSSR count). The van der Waals surface area contributed by atoms with Crippen LogP contribution in [0.25, 0.3) is 0 Å². The molecule has 1 N–H and O–H groups in total. The molecule has 1 aliphatic rings. The van der Waals surface area contributed by atoms with E-state index >= 15 is 0 Å². The summed E-state index contributed by atoms with van der Waals surface area (Å²) < 4.78 is 6.39. The van der Waals surface area contributed by atoms with E-state index in [4.69, 9.17) is 4.74 Å². The van der Waals surface area contributed by atoms with Crippen LogP contribution < -0.4 is 10.1 Å². The lowest BCUT2D eigenvalue weighted by Gasteiger charge is -2.35. The molecule has 0 aromatic heterocycles. The van der Waals surface area contributed by atoms with Crippen molar-refractivity contribution in [3.8, 4) is 5.75 Å². The van der Waals surface area contributed by atoms with Crippen LogP contribution >= 0.6 is 15.9 Å². The molecule has 0 saturated heterocycles. The number of rotatable bonds is 5. The summed E-state index contributed by atoms with van der Waals surface area (Å²) in [7, 11) is 1.70. The van der Waals surface area contributed by atoms with Crippen LogP contribution in [0.15, 0.2) is 22.7 Å². The van der Waals surface area contributed by atoms with Crippen LogP contribution in [-0.2, 0) is 0 Å². The third-order valence-corrected chi connectivity index (χ3v) is 4.27. The summed E-state index contributed by atoms with van der Waals surface area (Å²) in [5.74, 6) is 1.70. The summed E-state index contributed by atoms with van der Waals surface area (Å²) in [4.78, 5) is 0. The topological polar surface area (TPSA) is 21.3 Å². The largest absolute Gasteiger partial charge is 0.497 e. The second-order valence-corrected chi connectivity index (χ2v) is 5.47. The number of methoxy groups -OCH3 is 1. The average molecular weight is 298 g/mol. The zero-order valence-corrected chi connectivity index (χ0v) is 12.1. The highest BCUT2D eigenvalue weighted by molar-refractivity contribution is 9.10. The first kappa shape index (κ1) is 12.9. The molecule has 1 fully saturated rings. The van der Waals surface area contributed by atoms with Crippen molar-refractivity contribution < 1.29 is 4.74 Å². The zero-order valence-electron chi connectivity index (χ0n) is 10.5. The minimum absolute atomic E-state index is 0.481. The number of hydrogen-bond donors (Lipinski definition) is 1. The Kier molecular flexibility index (Phi) is 4.46. The van der Waals surface area contributed by atoms with Crippen LogP contribution in [0.4, 0.5) is 0 Å². The van der Waals surface area contributed by atoms with Gasteiger partial charge in [0.25, 0.3) is 0 Å². The molecule has 0 heterocycles. The van der Waals surface area contributed by atoms with Crippen molar-refractivity contribution in [2.75, 3.05) is 13.7 Å². The molecular formula is C14H20BrNO. The summed E-state index contributed by atoms with van der Waals surface area (Å²) >= 11 is 3.66. The average Bonchev–Trinajstić information content (AvgIpc) is 2.26. The SMILES string of the molecule is CCNC(c1ccc(OC)cc1Br)C1CCC1. The fraction of sp³-hybridized carbons (Fsp3) is 0.571. The number of ether oxygens (including phenoxy) is 1. The van der Waals surface area contributed by atoms with Crippen LogP contribution in [0.3, 0.4) is 0 Å². The molecule has 0 spiro atoms. The Labute approximate surface area is 112 Å². The second kappa shape index (κ2) is 5.87. The first-order chi connectivity index (χ1) is 8.26. The molecule has 17 heavy (non-hydrogen) atoms. The van der Waals surface area contributed by atoms with E-state index in [9.17, 15) is 0 Å². The molecule has 0 aliphatic heterocycles. The Balaban J connectivity index is 2.22. The van der Waals surface area contributed by atoms with Gasteiger partial charge in [0.05, 0.1) is 7.11 Å². The quantitative estimate of drug-likeness (QED) is 0.890. The number of nitrogens with one attached hydrogen (secondary N) is 1. The van der Waals surface area contributed by atoms with Crippen LogP contribution in [-0.4, -0.2) is 13.7 Å². The highest BCUT2D eigenvalue weighted by atomic mass is 79.9. The van der Waals surface area contributed by atoms with E-state index in [-0.39, 0.29) is 0 Å². The molecule has 1 aliphatic carbocycles. The van der Waals surface area contributed by atoms with Gasteiger partial charge >= 0.3 is 0 Å². The van der Waals surface area contributed by atoms with Crippen molar-refractivity contribution in [1.82, 2.24) is 5.32 Å². The van der Waals surface area contributed by atoms with Gasteiger partial charge in [-0.1, -0.05) is 35.3 Å². The van der Waals surface area contributed by atoms with Gasteiger partial charge in [-0.05, 0) is 43.0 Å². The Morgan fingerprint density at radius 2 is 2.24 bits per heavy atom. The molecule has 0 radical (unpaired) electrons. The number of halogens is 1. The molecule has 1 aromatic carbocycles. The normalized spacial score (nSPS) is 17.6. The Bertz CT molecular complexity index is 376. The Morgan fingerprint density at radius 3 is 2.71 bits per heavy atom. The fourth-order valence-corrected chi connectivity index (χ4v) is 3.02. The third-order valence-electron chi connectivity index (χ3n) is 3.59. The molecule has 1 unspecified atom stereocenters. The van der Waals surface area contributed by atoms with Gasteiger partial charge in [-0.25, -0.2) is 0 Å². The zero-order chi connectivity index (χ0) is 12.3. The van der Waals surface area contributed by atoms with E-state index in [1.807, 2.05) is 6.07 Å². The maximum Gasteiger partial charge on any atom is 0.120 e. The fourth-order valence-electron chi connectivity index (χ4n) is 2.41. The predicted molar refractivity (Wildman–Crippen MR) is 74.5 cm³/mol. The molecule has 0 bridgehead atoms. The number of hydrogen-bond acceptors (Lipinski definition) is 2. The smallest absolute Gasteiger partial charge is 0.120 e. The van der Waals surface area contributed by atoms with Crippen LogP contribution in [0.2, 0.25) is 0 Å². The number of benzene rings is 1. The van der Waals surface area contributed by atoms with Crippen molar-refractivity contribution in [2.45, 2.75) is 32.2 Å². The maximum absolute atomic E-state index is 5.24. The summed E-state index contributed by atoms with van der Waals surface area (Å²) in [6.45, 7) is 3.18. The molecule has 2 nitrogen and oxygen atoms in total. The molecule has 1 atom stereocenters. The minimum Gasteiger partial charge on any atom is -0.497 e. The van der Waals surface area contributed by atoms with E-state index in [0.717, 1.165) is 22.7 Å². The van der Waals surface area contributed by atoms with Gasteiger partial charge in [0, 0.05) is 10.5 Å². The molecule has 1 aromatic rings. The third kappa shape index (κ3) is 2.83. The highest BCUT2D eigenvalue weighted by Crippen LogP contribution is 2.40. The van der Waals surface area contributed by atoms with Crippen molar-refractivity contribution in [2.24, 2.45) is 5.92 Å². The first-order valence-corrected chi connectivity index (χ1v) is 7.12. The molecule has 0 amide bonds. The van der Waals surface area contributed by atoms with Crippen LogP contribution in [0, 0.1) is 5.92 Å². The summed E-state index contributed by atoms with van der Waals surface area (Å²) in [6, 6.07) is 6.75. The van der Waals surface area contributed by atoms with E-state index in [2.05, 4.69) is 40.3 Å². The van der Waals surface area contributed by atoms with E-state index in [0.29, 0.717) is 6.04 Å². The standard InChI is InChI=1S/C14H20BrNO/c1-3-16-14(10-5-4-6-10)12-8-7-11(17-2)9-13(12)15/h7-10,14,16H,3-6H2,1-2H3. The van der Waals surface area contributed by atoms with Gasteiger partial charge in [0.1, 0.15) is 5.75 Å². The van der Waals surface area contributed by atoms with Gasteiger partial charge in [-0.2, -0.15) is 0 Å². The van der Waals surface area contributed by atoms with Crippen LogP contribution in [0.5, 0.6) is 5.75 Å². The van der Waals surface area contributed by atoms with Gasteiger partial charge in [0.2, 0.25) is 0 Å². The highest BCUT2D eigenvalue weighted by Gasteiger charge is 2.28.